The fourth-order valence-electron chi connectivity index (χ4n) is 1.70. The molecule has 0 saturated carbocycles. The van der Waals surface area contributed by atoms with E-state index in [1.807, 2.05) is 19.9 Å². The van der Waals surface area contributed by atoms with Crippen LogP contribution in [0.5, 0.6) is 5.75 Å². The van der Waals surface area contributed by atoms with Gasteiger partial charge in [-0.2, -0.15) is 0 Å². The molecule has 0 atom stereocenters. The Balaban J connectivity index is 2.12. The highest BCUT2D eigenvalue weighted by Crippen LogP contribution is 2.26. The average Bonchev–Trinajstić information content (AvgIpc) is 2.40. The number of nitrogens with one attached hydrogen (secondary N) is 1. The lowest BCUT2D eigenvalue weighted by molar-refractivity contribution is 0.292. The van der Waals surface area contributed by atoms with E-state index in [0.29, 0.717) is 16.0 Å². The van der Waals surface area contributed by atoms with E-state index in [1.54, 1.807) is 6.07 Å². The van der Waals surface area contributed by atoms with Gasteiger partial charge in [0, 0.05) is 24.4 Å². The van der Waals surface area contributed by atoms with Crippen LogP contribution in [0.1, 0.15) is 18.4 Å². The lowest BCUT2D eigenvalue weighted by Gasteiger charge is -2.09. The molecule has 0 aliphatic heterocycles. The molecule has 0 amide bonds. The van der Waals surface area contributed by atoms with Crippen molar-refractivity contribution in [3.8, 4) is 5.75 Å². The van der Waals surface area contributed by atoms with Crippen LogP contribution in [0.4, 0.5) is 10.2 Å². The summed E-state index contributed by atoms with van der Waals surface area (Å²) in [5, 5.41) is 3.13. The van der Waals surface area contributed by atoms with E-state index < -0.39 is 0 Å². The van der Waals surface area contributed by atoms with E-state index in [0.717, 1.165) is 18.1 Å². The van der Waals surface area contributed by atoms with Crippen molar-refractivity contribution >= 4 is 21.7 Å². The van der Waals surface area contributed by atoms with Gasteiger partial charge in [-0.15, -0.1) is 0 Å². The Labute approximate surface area is 125 Å². The van der Waals surface area contributed by atoms with Gasteiger partial charge in [0.1, 0.15) is 24.0 Å². The first kappa shape index (κ1) is 14.7. The molecule has 0 bridgehead atoms. The predicted molar refractivity (Wildman–Crippen MR) is 79.4 cm³/mol. The third-order valence-electron chi connectivity index (χ3n) is 2.51. The Bertz CT molecular complexity index is 607. The van der Waals surface area contributed by atoms with Crippen molar-refractivity contribution in [2.75, 3.05) is 11.9 Å². The summed E-state index contributed by atoms with van der Waals surface area (Å²) in [6.07, 6.45) is 0. The predicted octanol–water partition coefficient (Wildman–Crippen LogP) is 3.70. The number of benzene rings is 1. The van der Waals surface area contributed by atoms with Gasteiger partial charge in [-0.1, -0.05) is 0 Å². The number of hydrogen-bond donors (Lipinski definition) is 1. The lowest BCUT2D eigenvalue weighted by Crippen LogP contribution is -2.07. The number of hydrogen-bond acceptors (Lipinski definition) is 4. The largest absolute Gasteiger partial charge is 0.484 e. The molecule has 2 aromatic rings. The van der Waals surface area contributed by atoms with Crippen LogP contribution in [-0.4, -0.2) is 16.5 Å². The monoisotopic (exact) mass is 339 g/mol. The highest BCUT2D eigenvalue weighted by atomic mass is 79.9. The minimum atomic E-state index is -0.346. The third-order valence-corrected chi connectivity index (χ3v) is 3.16. The molecule has 0 unspecified atom stereocenters. The Kier molecular flexibility index (Phi) is 4.89. The SMILES string of the molecule is CCNc1cc(C)nc(COc2cc(F)ccc2Br)n1. The first-order valence-corrected chi connectivity index (χ1v) is 7.04. The third kappa shape index (κ3) is 3.90. The topological polar surface area (TPSA) is 47.0 Å². The van der Waals surface area contributed by atoms with E-state index in [-0.39, 0.29) is 12.4 Å². The van der Waals surface area contributed by atoms with Gasteiger partial charge < -0.3 is 10.1 Å². The molecule has 0 radical (unpaired) electrons. The van der Waals surface area contributed by atoms with Gasteiger partial charge in [0.15, 0.2) is 5.82 Å². The maximum atomic E-state index is 13.2. The molecular formula is C14H15BrFN3O. The van der Waals surface area contributed by atoms with Gasteiger partial charge in [0.25, 0.3) is 0 Å². The van der Waals surface area contributed by atoms with Crippen LogP contribution in [-0.2, 0) is 6.61 Å². The fraction of sp³-hybridized carbons (Fsp3) is 0.286. The molecular weight excluding hydrogens is 325 g/mol. The minimum Gasteiger partial charge on any atom is -0.484 e. The standard InChI is InChI=1S/C14H15BrFN3O/c1-3-17-13-6-9(2)18-14(19-13)8-20-12-7-10(16)4-5-11(12)15/h4-7H,3,8H2,1-2H3,(H,17,18,19). The zero-order valence-corrected chi connectivity index (χ0v) is 12.9. The van der Waals surface area contributed by atoms with E-state index >= 15 is 0 Å². The number of nitrogens with zero attached hydrogens (tertiary/aromatic N) is 2. The Hall–Kier alpha value is -1.69. The zero-order chi connectivity index (χ0) is 14.5. The molecule has 4 nitrogen and oxygen atoms in total. The summed E-state index contributed by atoms with van der Waals surface area (Å²) < 4.78 is 19.4. The molecule has 1 N–H and O–H groups in total. The number of anilines is 1. The van der Waals surface area contributed by atoms with E-state index in [2.05, 4.69) is 31.2 Å². The summed E-state index contributed by atoms with van der Waals surface area (Å²) in [4.78, 5) is 8.63. The average molecular weight is 340 g/mol. The Morgan fingerprint density at radius 1 is 1.30 bits per heavy atom. The smallest absolute Gasteiger partial charge is 0.168 e. The summed E-state index contributed by atoms with van der Waals surface area (Å²) in [6, 6.07) is 6.16. The van der Waals surface area contributed by atoms with Crippen molar-refractivity contribution in [1.82, 2.24) is 9.97 Å². The van der Waals surface area contributed by atoms with Crippen molar-refractivity contribution in [3.05, 3.63) is 46.1 Å². The van der Waals surface area contributed by atoms with Crippen LogP contribution in [0.15, 0.2) is 28.7 Å². The first-order valence-electron chi connectivity index (χ1n) is 6.24. The van der Waals surface area contributed by atoms with E-state index in [1.165, 1.54) is 12.1 Å². The molecule has 1 heterocycles. The second kappa shape index (κ2) is 6.65. The van der Waals surface area contributed by atoms with Gasteiger partial charge in [0.2, 0.25) is 0 Å². The van der Waals surface area contributed by atoms with E-state index in [4.69, 9.17) is 4.74 Å². The highest BCUT2D eigenvalue weighted by molar-refractivity contribution is 9.10. The van der Waals surface area contributed by atoms with Crippen molar-refractivity contribution in [2.24, 2.45) is 0 Å². The van der Waals surface area contributed by atoms with Crippen LogP contribution < -0.4 is 10.1 Å². The van der Waals surface area contributed by atoms with Crippen molar-refractivity contribution in [3.63, 3.8) is 0 Å². The van der Waals surface area contributed by atoms with Crippen molar-refractivity contribution in [2.45, 2.75) is 20.5 Å². The number of rotatable bonds is 5. The summed E-state index contributed by atoms with van der Waals surface area (Å²) in [5.74, 6) is 1.40. The lowest BCUT2D eigenvalue weighted by atomic mass is 10.3. The molecule has 0 saturated heterocycles. The molecule has 0 aliphatic carbocycles. The van der Waals surface area contributed by atoms with Gasteiger partial charge in [-0.3, -0.25) is 0 Å². The fourth-order valence-corrected chi connectivity index (χ4v) is 2.06. The molecule has 0 fully saturated rings. The molecule has 0 spiro atoms. The minimum absolute atomic E-state index is 0.183. The maximum absolute atomic E-state index is 13.2. The quantitative estimate of drug-likeness (QED) is 0.902. The molecule has 1 aromatic carbocycles. The first-order chi connectivity index (χ1) is 9.58. The summed E-state index contributed by atoms with van der Waals surface area (Å²) in [5.41, 5.74) is 0.854. The van der Waals surface area contributed by atoms with Crippen LogP contribution in [0.25, 0.3) is 0 Å². The zero-order valence-electron chi connectivity index (χ0n) is 11.3. The van der Waals surface area contributed by atoms with Crippen LogP contribution in [0.2, 0.25) is 0 Å². The summed E-state index contributed by atoms with van der Waals surface area (Å²) in [7, 11) is 0. The normalized spacial score (nSPS) is 10.4. The van der Waals surface area contributed by atoms with Gasteiger partial charge in [-0.25, -0.2) is 14.4 Å². The molecule has 0 aliphatic rings. The van der Waals surface area contributed by atoms with Gasteiger partial charge >= 0.3 is 0 Å². The highest BCUT2D eigenvalue weighted by Gasteiger charge is 2.06. The van der Waals surface area contributed by atoms with Crippen molar-refractivity contribution < 1.29 is 9.13 Å². The van der Waals surface area contributed by atoms with Gasteiger partial charge in [0.05, 0.1) is 4.47 Å². The number of aryl methyl sites for hydroxylation is 1. The molecule has 106 valence electrons. The second-order valence-electron chi connectivity index (χ2n) is 4.20. The molecule has 6 heteroatoms. The van der Waals surface area contributed by atoms with Gasteiger partial charge in [-0.05, 0) is 41.9 Å². The molecule has 2 rings (SSSR count). The molecule has 1 aromatic heterocycles. The van der Waals surface area contributed by atoms with Crippen LogP contribution >= 0.6 is 15.9 Å². The summed E-state index contributed by atoms with van der Waals surface area (Å²) in [6.45, 7) is 4.86. The van der Waals surface area contributed by atoms with Crippen LogP contribution in [0.3, 0.4) is 0 Å². The van der Waals surface area contributed by atoms with Crippen LogP contribution in [0, 0.1) is 12.7 Å². The van der Waals surface area contributed by atoms with Crippen molar-refractivity contribution in [1.29, 1.82) is 0 Å². The Morgan fingerprint density at radius 2 is 2.10 bits per heavy atom. The molecule has 20 heavy (non-hydrogen) atoms. The maximum Gasteiger partial charge on any atom is 0.168 e. The van der Waals surface area contributed by atoms with E-state index in [9.17, 15) is 4.39 Å². The number of aromatic nitrogens is 2. The number of halogens is 2. The Morgan fingerprint density at radius 3 is 2.85 bits per heavy atom. The second-order valence-corrected chi connectivity index (χ2v) is 5.06. The number of ether oxygens (including phenoxy) is 1. The summed E-state index contributed by atoms with van der Waals surface area (Å²) >= 11 is 3.31.